The lowest BCUT2D eigenvalue weighted by atomic mass is 10.2. The van der Waals surface area contributed by atoms with Gasteiger partial charge in [-0.25, -0.2) is 0 Å². The van der Waals surface area contributed by atoms with Crippen molar-refractivity contribution in [3.8, 4) is 0 Å². The molecule has 2 aromatic carbocycles. The molecule has 0 saturated heterocycles. The highest BCUT2D eigenvalue weighted by Crippen LogP contribution is 2.08. The van der Waals surface area contributed by atoms with Crippen LogP contribution in [0.1, 0.15) is 17.5 Å². The first-order chi connectivity index (χ1) is 12.0. The highest BCUT2D eigenvalue weighted by Gasteiger charge is 2.17. The normalized spacial score (nSPS) is 10.6. The lowest BCUT2D eigenvalue weighted by molar-refractivity contribution is -0.133. The van der Waals surface area contributed by atoms with E-state index in [-0.39, 0.29) is 12.3 Å². The van der Waals surface area contributed by atoms with Crippen molar-refractivity contribution in [1.29, 1.82) is 0 Å². The van der Waals surface area contributed by atoms with E-state index in [1.807, 2.05) is 72.6 Å². The monoisotopic (exact) mass is 339 g/mol. The molecule has 0 spiro atoms. The maximum atomic E-state index is 12.7. The predicted octanol–water partition coefficient (Wildman–Crippen LogP) is 2.02. The van der Waals surface area contributed by atoms with Gasteiger partial charge >= 0.3 is 0 Å². The van der Waals surface area contributed by atoms with Crippen LogP contribution in [0.2, 0.25) is 0 Å². The summed E-state index contributed by atoms with van der Waals surface area (Å²) in [5.41, 5.74) is 7.44. The Morgan fingerprint density at radius 1 is 0.880 bits per heavy atom. The van der Waals surface area contributed by atoms with Crippen LogP contribution in [0.4, 0.5) is 0 Å². The van der Waals surface area contributed by atoms with Gasteiger partial charge in [0.25, 0.3) is 0 Å². The van der Waals surface area contributed by atoms with Crippen LogP contribution >= 0.6 is 0 Å². The first-order valence-corrected chi connectivity index (χ1v) is 8.37. The van der Waals surface area contributed by atoms with Crippen molar-refractivity contribution in [3.63, 3.8) is 0 Å². The molecule has 0 fully saturated rings. The van der Waals surface area contributed by atoms with E-state index in [2.05, 4.69) is 0 Å². The topological polar surface area (TPSA) is 66.6 Å². The fraction of sp³-hybridized carbons (Fsp3) is 0.300. The zero-order valence-electron chi connectivity index (χ0n) is 14.6. The van der Waals surface area contributed by atoms with Crippen LogP contribution < -0.4 is 5.73 Å². The number of carbonyl (C=O) groups excluding carboxylic acids is 2. The summed E-state index contributed by atoms with van der Waals surface area (Å²) in [5.74, 6) is -0.410. The molecule has 25 heavy (non-hydrogen) atoms. The minimum absolute atomic E-state index is 0.0106. The first-order valence-electron chi connectivity index (χ1n) is 8.37. The molecule has 2 amide bonds. The Bertz CT molecular complexity index is 674. The standard InChI is InChI=1S/C20H25N3O2/c1-22(14-17-8-4-2-5-9-17)16-20(25)23(13-12-19(21)24)15-18-10-6-3-7-11-18/h2-11H,12-16H2,1H3,(H2,21,24). The predicted molar refractivity (Wildman–Crippen MR) is 98.4 cm³/mol. The number of amides is 2. The molecule has 0 radical (unpaired) electrons. The summed E-state index contributed by atoms with van der Waals surface area (Å²) < 4.78 is 0. The van der Waals surface area contributed by atoms with Crippen LogP contribution in [0.15, 0.2) is 60.7 Å². The van der Waals surface area contributed by atoms with Gasteiger partial charge in [-0.15, -0.1) is 0 Å². The minimum atomic E-state index is -0.400. The summed E-state index contributed by atoms with van der Waals surface area (Å²) in [6.07, 6.45) is 0.168. The number of rotatable bonds is 9. The van der Waals surface area contributed by atoms with Gasteiger partial charge < -0.3 is 10.6 Å². The minimum Gasteiger partial charge on any atom is -0.370 e. The fourth-order valence-electron chi connectivity index (χ4n) is 2.62. The SMILES string of the molecule is CN(CC(=O)N(CCC(N)=O)Cc1ccccc1)Cc1ccccc1. The Kier molecular flexibility index (Phi) is 7.16. The van der Waals surface area contributed by atoms with E-state index in [1.165, 1.54) is 0 Å². The van der Waals surface area contributed by atoms with Crippen LogP contribution in [0.3, 0.4) is 0 Å². The molecule has 0 aliphatic heterocycles. The molecule has 0 heterocycles. The van der Waals surface area contributed by atoms with E-state index in [0.717, 1.165) is 11.1 Å². The van der Waals surface area contributed by atoms with Crippen molar-refractivity contribution in [2.45, 2.75) is 19.5 Å². The quantitative estimate of drug-likeness (QED) is 0.760. The molecule has 0 aromatic heterocycles. The number of benzene rings is 2. The lowest BCUT2D eigenvalue weighted by Gasteiger charge is -2.25. The summed E-state index contributed by atoms with van der Waals surface area (Å²) in [4.78, 5) is 27.5. The van der Waals surface area contributed by atoms with E-state index >= 15 is 0 Å². The number of nitrogens with two attached hydrogens (primary N) is 1. The third-order valence-corrected chi connectivity index (χ3v) is 3.90. The zero-order valence-corrected chi connectivity index (χ0v) is 14.6. The maximum absolute atomic E-state index is 12.7. The van der Waals surface area contributed by atoms with Crippen molar-refractivity contribution in [2.75, 3.05) is 20.1 Å². The first kappa shape index (κ1) is 18.7. The summed E-state index contributed by atoms with van der Waals surface area (Å²) in [5, 5.41) is 0. The second-order valence-electron chi connectivity index (χ2n) is 6.18. The van der Waals surface area contributed by atoms with Crippen LogP contribution in [-0.2, 0) is 22.7 Å². The zero-order chi connectivity index (χ0) is 18.1. The molecule has 2 rings (SSSR count). The van der Waals surface area contributed by atoms with Crippen molar-refractivity contribution >= 4 is 11.8 Å². The van der Waals surface area contributed by atoms with Crippen molar-refractivity contribution in [1.82, 2.24) is 9.80 Å². The van der Waals surface area contributed by atoms with E-state index in [4.69, 9.17) is 5.73 Å². The molecule has 132 valence electrons. The Morgan fingerprint density at radius 2 is 1.40 bits per heavy atom. The second kappa shape index (κ2) is 9.59. The smallest absolute Gasteiger partial charge is 0.237 e. The largest absolute Gasteiger partial charge is 0.370 e. The number of carbonyl (C=O) groups is 2. The molecule has 5 nitrogen and oxygen atoms in total. The number of hydrogen-bond acceptors (Lipinski definition) is 3. The highest BCUT2D eigenvalue weighted by atomic mass is 16.2. The Morgan fingerprint density at radius 3 is 1.92 bits per heavy atom. The maximum Gasteiger partial charge on any atom is 0.237 e. The number of nitrogens with zero attached hydrogens (tertiary/aromatic N) is 2. The van der Waals surface area contributed by atoms with Gasteiger partial charge in [0, 0.05) is 26.1 Å². The van der Waals surface area contributed by atoms with Crippen LogP contribution in [0, 0.1) is 0 Å². The average molecular weight is 339 g/mol. The molecular formula is C20H25N3O2. The van der Waals surface area contributed by atoms with Gasteiger partial charge in [0.05, 0.1) is 6.54 Å². The summed E-state index contributed by atoms with van der Waals surface area (Å²) >= 11 is 0. The number of likely N-dealkylation sites (N-methyl/N-ethyl adjacent to an activating group) is 1. The van der Waals surface area contributed by atoms with Gasteiger partial charge in [0.1, 0.15) is 0 Å². The molecular weight excluding hydrogens is 314 g/mol. The third kappa shape index (κ3) is 6.77. The summed E-state index contributed by atoms with van der Waals surface area (Å²) in [7, 11) is 1.92. The molecule has 0 bridgehead atoms. The molecule has 0 unspecified atom stereocenters. The average Bonchev–Trinajstić information content (AvgIpc) is 2.60. The molecule has 0 atom stereocenters. The van der Waals surface area contributed by atoms with Gasteiger partial charge in [-0.2, -0.15) is 0 Å². The van der Waals surface area contributed by atoms with Gasteiger partial charge in [0.2, 0.25) is 11.8 Å². The number of hydrogen-bond donors (Lipinski definition) is 1. The molecule has 0 aliphatic carbocycles. The van der Waals surface area contributed by atoms with Gasteiger partial charge in [0.15, 0.2) is 0 Å². The van der Waals surface area contributed by atoms with E-state index in [0.29, 0.717) is 26.2 Å². The Labute approximate surface area is 149 Å². The van der Waals surface area contributed by atoms with Gasteiger partial charge in [-0.05, 0) is 18.2 Å². The van der Waals surface area contributed by atoms with Crippen molar-refractivity contribution in [3.05, 3.63) is 71.8 Å². The van der Waals surface area contributed by atoms with E-state index in [1.54, 1.807) is 4.90 Å². The molecule has 2 N–H and O–H groups in total. The fourth-order valence-corrected chi connectivity index (χ4v) is 2.62. The molecule has 2 aromatic rings. The van der Waals surface area contributed by atoms with Crippen LogP contribution in [0.25, 0.3) is 0 Å². The van der Waals surface area contributed by atoms with Crippen LogP contribution in [-0.4, -0.2) is 41.8 Å². The Balaban J connectivity index is 1.97. The molecule has 5 heteroatoms. The number of primary amides is 1. The van der Waals surface area contributed by atoms with E-state index in [9.17, 15) is 9.59 Å². The van der Waals surface area contributed by atoms with E-state index < -0.39 is 5.91 Å². The molecule has 0 saturated carbocycles. The Hall–Kier alpha value is -2.66. The third-order valence-electron chi connectivity index (χ3n) is 3.90. The van der Waals surface area contributed by atoms with Crippen molar-refractivity contribution < 1.29 is 9.59 Å². The summed E-state index contributed by atoms with van der Waals surface area (Å²) in [6.45, 7) is 1.80. The summed E-state index contributed by atoms with van der Waals surface area (Å²) in [6, 6.07) is 19.8. The second-order valence-corrected chi connectivity index (χ2v) is 6.18. The van der Waals surface area contributed by atoms with Gasteiger partial charge in [-0.3, -0.25) is 14.5 Å². The lowest BCUT2D eigenvalue weighted by Crippen LogP contribution is -2.40. The highest BCUT2D eigenvalue weighted by molar-refractivity contribution is 5.79. The molecule has 0 aliphatic rings. The van der Waals surface area contributed by atoms with Crippen LogP contribution in [0.5, 0.6) is 0 Å². The van der Waals surface area contributed by atoms with Crippen molar-refractivity contribution in [2.24, 2.45) is 5.73 Å². The van der Waals surface area contributed by atoms with Gasteiger partial charge in [-0.1, -0.05) is 60.7 Å².